The van der Waals surface area contributed by atoms with E-state index < -0.39 is 38.2 Å². The Labute approximate surface area is 136 Å². The number of hydrogen-bond acceptors (Lipinski definition) is 3. The highest BCUT2D eigenvalue weighted by Gasteiger charge is 2.26. The van der Waals surface area contributed by atoms with E-state index in [9.17, 15) is 26.5 Å². The third-order valence-corrected chi connectivity index (χ3v) is 4.55. The molecule has 1 aliphatic rings. The second-order valence-corrected chi connectivity index (χ2v) is 6.53. The second-order valence-electron chi connectivity index (χ2n) is 5.14. The molecule has 2 aromatic carbocycles. The van der Waals surface area contributed by atoms with Gasteiger partial charge in [0.25, 0.3) is 10.1 Å². The molecule has 2 amide bonds. The Morgan fingerprint density at radius 2 is 1.79 bits per heavy atom. The fraction of sp³-hybridized carbons (Fsp3) is 0.133. The lowest BCUT2D eigenvalue weighted by molar-refractivity contribution is 0.252. The maximum Gasteiger partial charge on any atom is 0.321 e. The lowest BCUT2D eigenvalue weighted by Crippen LogP contribution is -2.27. The third kappa shape index (κ3) is 2.83. The van der Waals surface area contributed by atoms with Gasteiger partial charge in [0.1, 0.15) is 16.5 Å². The smallest absolute Gasteiger partial charge is 0.321 e. The monoisotopic (exact) mass is 354 g/mol. The van der Waals surface area contributed by atoms with E-state index in [1.165, 1.54) is 11.0 Å². The molecule has 0 atom stereocenters. The molecule has 1 aliphatic heterocycles. The van der Waals surface area contributed by atoms with E-state index in [-0.39, 0.29) is 11.3 Å². The minimum Gasteiger partial charge on any atom is -0.336 e. The zero-order valence-corrected chi connectivity index (χ0v) is 13.0. The first kappa shape index (κ1) is 16.3. The van der Waals surface area contributed by atoms with Crippen molar-refractivity contribution in [3.05, 3.63) is 48.0 Å². The molecule has 0 bridgehead atoms. The van der Waals surface area contributed by atoms with Gasteiger partial charge in [-0.1, -0.05) is 6.07 Å². The number of benzene rings is 2. The Hall–Kier alpha value is -2.52. The summed E-state index contributed by atoms with van der Waals surface area (Å²) in [5.74, 6) is -1.97. The Morgan fingerprint density at radius 3 is 2.33 bits per heavy atom. The molecule has 126 valence electrons. The van der Waals surface area contributed by atoms with Crippen molar-refractivity contribution in [3.8, 4) is 11.1 Å². The van der Waals surface area contributed by atoms with Crippen LogP contribution in [0.3, 0.4) is 0 Å². The highest BCUT2D eigenvalue weighted by Crippen LogP contribution is 2.35. The number of nitrogens with one attached hydrogen (secondary N) is 1. The van der Waals surface area contributed by atoms with E-state index in [2.05, 4.69) is 5.32 Å². The highest BCUT2D eigenvalue weighted by molar-refractivity contribution is 7.86. The molecule has 0 radical (unpaired) electrons. The molecule has 0 aliphatic carbocycles. The number of carbonyl (C=O) groups excluding carboxylic acids is 1. The molecule has 1 saturated heterocycles. The van der Waals surface area contributed by atoms with Crippen molar-refractivity contribution in [1.82, 2.24) is 5.32 Å². The number of hydrogen-bond donors (Lipinski definition) is 2. The maximum absolute atomic E-state index is 14.1. The van der Waals surface area contributed by atoms with Crippen LogP contribution in [0.15, 0.2) is 41.3 Å². The first-order valence-corrected chi connectivity index (χ1v) is 8.34. The van der Waals surface area contributed by atoms with Crippen LogP contribution in [0.1, 0.15) is 0 Å². The van der Waals surface area contributed by atoms with Gasteiger partial charge in [-0.05, 0) is 30.3 Å². The summed E-state index contributed by atoms with van der Waals surface area (Å²) < 4.78 is 60.6. The van der Waals surface area contributed by atoms with Crippen molar-refractivity contribution in [1.29, 1.82) is 0 Å². The van der Waals surface area contributed by atoms with Crippen LogP contribution in [0.25, 0.3) is 11.1 Å². The molecule has 0 saturated carbocycles. The van der Waals surface area contributed by atoms with Gasteiger partial charge in [0.15, 0.2) is 0 Å². The predicted molar refractivity (Wildman–Crippen MR) is 82.4 cm³/mol. The molecule has 2 aromatic rings. The van der Waals surface area contributed by atoms with Gasteiger partial charge in [-0.3, -0.25) is 9.45 Å². The van der Waals surface area contributed by atoms with E-state index in [1.807, 2.05) is 0 Å². The first-order valence-electron chi connectivity index (χ1n) is 6.90. The van der Waals surface area contributed by atoms with E-state index in [4.69, 9.17) is 0 Å². The van der Waals surface area contributed by atoms with Gasteiger partial charge < -0.3 is 5.32 Å². The summed E-state index contributed by atoms with van der Waals surface area (Å²) in [6.45, 7) is 0.714. The summed E-state index contributed by atoms with van der Waals surface area (Å²) in [5, 5.41) is 2.57. The third-order valence-electron chi connectivity index (χ3n) is 3.64. The molecular weight excluding hydrogens is 342 g/mol. The van der Waals surface area contributed by atoms with Crippen LogP contribution < -0.4 is 10.2 Å². The molecule has 6 nitrogen and oxygen atoms in total. The van der Waals surface area contributed by atoms with Gasteiger partial charge >= 0.3 is 6.03 Å². The molecular formula is C15H12F2N2O4S. The zero-order chi connectivity index (χ0) is 17.5. The van der Waals surface area contributed by atoms with Crippen molar-refractivity contribution >= 4 is 21.8 Å². The molecule has 3 rings (SSSR count). The Morgan fingerprint density at radius 1 is 1.12 bits per heavy atom. The second kappa shape index (κ2) is 5.84. The van der Waals surface area contributed by atoms with Gasteiger partial charge in [-0.15, -0.1) is 0 Å². The largest absolute Gasteiger partial charge is 0.336 e. The van der Waals surface area contributed by atoms with Crippen molar-refractivity contribution in [2.24, 2.45) is 0 Å². The van der Waals surface area contributed by atoms with Gasteiger partial charge in [-0.2, -0.15) is 8.42 Å². The number of rotatable bonds is 3. The summed E-state index contributed by atoms with van der Waals surface area (Å²) in [5.41, 5.74) is -0.688. The summed E-state index contributed by atoms with van der Waals surface area (Å²) in [7, 11) is -4.72. The molecule has 1 fully saturated rings. The first-order chi connectivity index (χ1) is 11.3. The minimum atomic E-state index is -4.72. The lowest BCUT2D eigenvalue weighted by Gasteiger charge is -2.17. The molecule has 0 spiro atoms. The van der Waals surface area contributed by atoms with Crippen molar-refractivity contribution in [2.45, 2.75) is 4.90 Å². The average Bonchev–Trinajstić information content (AvgIpc) is 2.92. The van der Waals surface area contributed by atoms with Gasteiger partial charge in [-0.25, -0.2) is 13.6 Å². The summed E-state index contributed by atoms with van der Waals surface area (Å²) in [4.78, 5) is 12.4. The Balaban J connectivity index is 2.27. The van der Waals surface area contributed by atoms with Crippen LogP contribution in [0.2, 0.25) is 0 Å². The minimum absolute atomic E-state index is 0.259. The number of halogens is 2. The predicted octanol–water partition coefficient (Wildman–Crippen LogP) is 2.41. The fourth-order valence-electron chi connectivity index (χ4n) is 2.58. The number of carbonyl (C=O) groups is 1. The fourth-order valence-corrected chi connectivity index (χ4v) is 3.26. The summed E-state index contributed by atoms with van der Waals surface area (Å²) >= 11 is 0. The van der Waals surface area contributed by atoms with E-state index in [0.717, 1.165) is 30.3 Å². The van der Waals surface area contributed by atoms with Crippen LogP contribution in [0.4, 0.5) is 19.3 Å². The van der Waals surface area contributed by atoms with Crippen LogP contribution in [0.5, 0.6) is 0 Å². The average molecular weight is 354 g/mol. The Kier molecular flexibility index (Phi) is 3.98. The van der Waals surface area contributed by atoms with E-state index >= 15 is 0 Å². The lowest BCUT2D eigenvalue weighted by atomic mass is 10.0. The summed E-state index contributed by atoms with van der Waals surface area (Å²) in [6, 6.07) is 6.14. The van der Waals surface area contributed by atoms with E-state index in [0.29, 0.717) is 13.1 Å². The number of anilines is 1. The molecule has 1 heterocycles. The summed E-state index contributed by atoms with van der Waals surface area (Å²) in [6.07, 6.45) is 0. The standard InChI is InChI=1S/C15H12F2N2O4S/c16-11-2-1-3-12(17)14(11)10-8-9(19-7-6-18-15(19)20)4-5-13(10)24(21,22)23/h1-5,8H,6-7H2,(H,18,20)(H,21,22,23). The van der Waals surface area contributed by atoms with Crippen LogP contribution in [-0.4, -0.2) is 32.1 Å². The van der Waals surface area contributed by atoms with E-state index in [1.54, 1.807) is 0 Å². The molecule has 9 heteroatoms. The number of urea groups is 1. The quantitative estimate of drug-likeness (QED) is 0.829. The molecule has 0 aromatic heterocycles. The zero-order valence-electron chi connectivity index (χ0n) is 12.2. The highest BCUT2D eigenvalue weighted by atomic mass is 32.2. The van der Waals surface area contributed by atoms with Crippen LogP contribution in [0, 0.1) is 11.6 Å². The molecule has 24 heavy (non-hydrogen) atoms. The van der Waals surface area contributed by atoms with Gasteiger partial charge in [0.2, 0.25) is 0 Å². The van der Waals surface area contributed by atoms with Gasteiger partial charge in [0, 0.05) is 24.3 Å². The Bertz CT molecular complexity index is 911. The van der Waals surface area contributed by atoms with Crippen molar-refractivity contribution < 1.29 is 26.5 Å². The number of amides is 2. The van der Waals surface area contributed by atoms with Crippen LogP contribution >= 0.6 is 0 Å². The maximum atomic E-state index is 14.1. The van der Waals surface area contributed by atoms with Gasteiger partial charge in [0.05, 0.1) is 5.56 Å². The van der Waals surface area contributed by atoms with Crippen molar-refractivity contribution in [2.75, 3.05) is 18.0 Å². The SMILES string of the molecule is O=C1NCCN1c1ccc(S(=O)(=O)O)c(-c2c(F)cccc2F)c1. The van der Waals surface area contributed by atoms with Crippen LogP contribution in [-0.2, 0) is 10.1 Å². The molecule has 2 N–H and O–H groups in total. The van der Waals surface area contributed by atoms with Crippen molar-refractivity contribution in [3.63, 3.8) is 0 Å². The molecule has 0 unspecified atom stereocenters. The normalized spacial score (nSPS) is 14.8. The topological polar surface area (TPSA) is 86.7 Å². The number of nitrogens with zero attached hydrogens (tertiary/aromatic N) is 1.